The zero-order valence-electron chi connectivity index (χ0n) is 13.3. The quantitative estimate of drug-likeness (QED) is 0.632. The molecule has 1 atom stereocenters. The third-order valence-electron chi connectivity index (χ3n) is 3.78. The van der Waals surface area contributed by atoms with Gasteiger partial charge in [-0.2, -0.15) is 0 Å². The number of nitrogens with one attached hydrogen (secondary N) is 2. The predicted octanol–water partition coefficient (Wildman–Crippen LogP) is 3.32. The molecule has 0 aliphatic carbocycles. The van der Waals surface area contributed by atoms with Crippen molar-refractivity contribution in [3.05, 3.63) is 53.8 Å². The zero-order valence-corrected chi connectivity index (χ0v) is 13.3. The van der Waals surface area contributed by atoms with E-state index >= 15 is 0 Å². The molecule has 0 radical (unpaired) electrons. The SMILES string of the molecule is COCCNc1ccc(N=CC2C(=O)Nc3cccc(F)c32)cc1. The number of carbonyl (C=O) groups excluding carboxylic acids is 1. The Kier molecular flexibility index (Phi) is 4.86. The molecule has 2 aromatic rings. The van der Waals surface area contributed by atoms with E-state index in [0.717, 1.165) is 12.2 Å². The van der Waals surface area contributed by atoms with E-state index in [1.807, 2.05) is 24.3 Å². The zero-order chi connectivity index (χ0) is 16.9. The number of halogens is 1. The fourth-order valence-corrected chi connectivity index (χ4v) is 2.57. The average molecular weight is 327 g/mol. The topological polar surface area (TPSA) is 62.7 Å². The minimum atomic E-state index is -0.708. The molecule has 1 aliphatic heterocycles. The highest BCUT2D eigenvalue weighted by Crippen LogP contribution is 2.33. The average Bonchev–Trinajstić information content (AvgIpc) is 2.91. The third-order valence-corrected chi connectivity index (χ3v) is 3.78. The maximum absolute atomic E-state index is 14.0. The molecule has 1 aliphatic rings. The fraction of sp³-hybridized carbons (Fsp3) is 0.222. The molecule has 0 fully saturated rings. The molecule has 3 rings (SSSR count). The molecule has 0 saturated heterocycles. The number of hydrogen-bond acceptors (Lipinski definition) is 4. The molecule has 1 heterocycles. The number of aliphatic imine (C=N–C) groups is 1. The summed E-state index contributed by atoms with van der Waals surface area (Å²) in [6.45, 7) is 1.35. The number of rotatable bonds is 6. The number of hydrogen-bond donors (Lipinski definition) is 2. The molecule has 0 bridgehead atoms. The van der Waals surface area contributed by atoms with Gasteiger partial charge in [0.1, 0.15) is 11.7 Å². The second-order valence-electron chi connectivity index (χ2n) is 5.41. The number of methoxy groups -OCH3 is 1. The molecule has 0 saturated carbocycles. The van der Waals surface area contributed by atoms with Crippen molar-refractivity contribution in [3.8, 4) is 0 Å². The number of ether oxygens (including phenoxy) is 1. The van der Waals surface area contributed by atoms with Crippen molar-refractivity contribution in [2.45, 2.75) is 5.92 Å². The van der Waals surface area contributed by atoms with Gasteiger partial charge < -0.3 is 15.4 Å². The van der Waals surface area contributed by atoms with Crippen molar-refractivity contribution < 1.29 is 13.9 Å². The highest BCUT2D eigenvalue weighted by Gasteiger charge is 2.31. The monoisotopic (exact) mass is 327 g/mol. The van der Waals surface area contributed by atoms with Gasteiger partial charge in [0, 0.05) is 36.8 Å². The summed E-state index contributed by atoms with van der Waals surface area (Å²) in [7, 11) is 1.65. The van der Waals surface area contributed by atoms with Crippen LogP contribution in [0.15, 0.2) is 47.5 Å². The van der Waals surface area contributed by atoms with Crippen LogP contribution in [0, 0.1) is 5.82 Å². The Morgan fingerprint density at radius 2 is 2.08 bits per heavy atom. The minimum absolute atomic E-state index is 0.267. The first-order valence-corrected chi connectivity index (χ1v) is 7.65. The van der Waals surface area contributed by atoms with Crippen LogP contribution in [0.4, 0.5) is 21.5 Å². The second-order valence-corrected chi connectivity index (χ2v) is 5.41. The maximum atomic E-state index is 14.0. The largest absolute Gasteiger partial charge is 0.383 e. The number of benzene rings is 2. The highest BCUT2D eigenvalue weighted by molar-refractivity contribution is 6.12. The van der Waals surface area contributed by atoms with Crippen LogP contribution in [-0.4, -0.2) is 32.4 Å². The molecule has 124 valence electrons. The van der Waals surface area contributed by atoms with Crippen molar-refractivity contribution in [2.24, 2.45) is 4.99 Å². The van der Waals surface area contributed by atoms with Crippen LogP contribution >= 0.6 is 0 Å². The van der Waals surface area contributed by atoms with Gasteiger partial charge in [0.05, 0.1) is 12.3 Å². The molecular formula is C18H18FN3O2. The Morgan fingerprint density at radius 3 is 2.83 bits per heavy atom. The molecule has 2 N–H and O–H groups in total. The van der Waals surface area contributed by atoms with E-state index in [2.05, 4.69) is 15.6 Å². The van der Waals surface area contributed by atoms with Crippen molar-refractivity contribution in [3.63, 3.8) is 0 Å². The Hall–Kier alpha value is -2.73. The molecule has 1 amide bonds. The lowest BCUT2D eigenvalue weighted by Gasteiger charge is -2.06. The summed E-state index contributed by atoms with van der Waals surface area (Å²) in [4.78, 5) is 16.3. The van der Waals surface area contributed by atoms with Gasteiger partial charge in [0.2, 0.25) is 5.91 Å². The summed E-state index contributed by atoms with van der Waals surface area (Å²) in [6, 6.07) is 12.1. The summed E-state index contributed by atoms with van der Waals surface area (Å²) < 4.78 is 18.9. The van der Waals surface area contributed by atoms with Crippen LogP contribution in [0.25, 0.3) is 0 Å². The predicted molar refractivity (Wildman–Crippen MR) is 92.7 cm³/mol. The van der Waals surface area contributed by atoms with Crippen LogP contribution < -0.4 is 10.6 Å². The first kappa shape index (κ1) is 16.1. The van der Waals surface area contributed by atoms with Gasteiger partial charge in [-0.25, -0.2) is 4.39 Å². The first-order chi connectivity index (χ1) is 11.7. The smallest absolute Gasteiger partial charge is 0.237 e. The summed E-state index contributed by atoms with van der Waals surface area (Å²) >= 11 is 0. The van der Waals surface area contributed by atoms with Gasteiger partial charge in [0.15, 0.2) is 0 Å². The summed E-state index contributed by atoms with van der Waals surface area (Å²) in [6.07, 6.45) is 1.48. The Morgan fingerprint density at radius 1 is 1.29 bits per heavy atom. The summed E-state index contributed by atoms with van der Waals surface area (Å²) in [5.41, 5.74) is 2.52. The van der Waals surface area contributed by atoms with Crippen LogP contribution in [0.5, 0.6) is 0 Å². The first-order valence-electron chi connectivity index (χ1n) is 7.65. The van der Waals surface area contributed by atoms with Crippen molar-refractivity contribution in [1.82, 2.24) is 0 Å². The van der Waals surface area contributed by atoms with E-state index in [1.165, 1.54) is 12.3 Å². The summed E-state index contributed by atoms with van der Waals surface area (Å²) in [5, 5.41) is 5.88. The molecule has 6 heteroatoms. The van der Waals surface area contributed by atoms with Crippen molar-refractivity contribution >= 4 is 29.2 Å². The lowest BCUT2D eigenvalue weighted by molar-refractivity contribution is -0.115. The van der Waals surface area contributed by atoms with Crippen LogP contribution in [0.2, 0.25) is 0 Å². The number of nitrogens with zero attached hydrogens (tertiary/aromatic N) is 1. The van der Waals surface area contributed by atoms with Crippen molar-refractivity contribution in [1.29, 1.82) is 0 Å². The van der Waals surface area contributed by atoms with Crippen LogP contribution in [0.3, 0.4) is 0 Å². The standard InChI is InChI=1S/C18H18FN3O2/c1-24-10-9-20-12-5-7-13(8-6-12)21-11-14-17-15(19)3-2-4-16(17)22-18(14)23/h2-8,11,14,20H,9-10H2,1H3,(H,22,23). The lowest BCUT2D eigenvalue weighted by atomic mass is 10.0. The van der Waals surface area contributed by atoms with E-state index in [0.29, 0.717) is 23.5 Å². The number of fused-ring (bicyclic) bond motifs is 1. The van der Waals surface area contributed by atoms with Gasteiger partial charge >= 0.3 is 0 Å². The Labute approximate surface area is 139 Å². The van der Waals surface area contributed by atoms with Gasteiger partial charge in [-0.3, -0.25) is 9.79 Å². The summed E-state index contributed by atoms with van der Waals surface area (Å²) in [5.74, 6) is -1.38. The molecule has 0 spiro atoms. The second kappa shape index (κ2) is 7.23. The fourth-order valence-electron chi connectivity index (χ4n) is 2.57. The molecule has 5 nitrogen and oxygen atoms in total. The molecule has 2 aromatic carbocycles. The number of amides is 1. The van der Waals surface area contributed by atoms with Gasteiger partial charge in [0.25, 0.3) is 0 Å². The highest BCUT2D eigenvalue weighted by atomic mass is 19.1. The molecule has 0 aromatic heterocycles. The minimum Gasteiger partial charge on any atom is -0.383 e. The third kappa shape index (κ3) is 3.44. The van der Waals surface area contributed by atoms with E-state index in [4.69, 9.17) is 4.74 Å². The van der Waals surface area contributed by atoms with Gasteiger partial charge in [-0.05, 0) is 36.4 Å². The molecule has 24 heavy (non-hydrogen) atoms. The normalized spacial score (nSPS) is 16.2. The van der Waals surface area contributed by atoms with Gasteiger partial charge in [-0.15, -0.1) is 0 Å². The van der Waals surface area contributed by atoms with E-state index < -0.39 is 11.7 Å². The Balaban J connectivity index is 1.71. The molecule has 1 unspecified atom stereocenters. The van der Waals surface area contributed by atoms with E-state index in [1.54, 1.807) is 19.2 Å². The van der Waals surface area contributed by atoms with Crippen LogP contribution in [-0.2, 0) is 9.53 Å². The molecular weight excluding hydrogens is 309 g/mol. The lowest BCUT2D eigenvalue weighted by Crippen LogP contribution is -2.13. The number of carbonyl (C=O) groups is 1. The van der Waals surface area contributed by atoms with E-state index in [-0.39, 0.29) is 5.91 Å². The number of anilines is 2. The van der Waals surface area contributed by atoms with Gasteiger partial charge in [-0.1, -0.05) is 6.07 Å². The van der Waals surface area contributed by atoms with Crippen molar-refractivity contribution in [2.75, 3.05) is 30.9 Å². The van der Waals surface area contributed by atoms with E-state index in [9.17, 15) is 9.18 Å². The Bertz CT molecular complexity index is 759. The van der Waals surface area contributed by atoms with Crippen LogP contribution in [0.1, 0.15) is 11.5 Å². The maximum Gasteiger partial charge on any atom is 0.237 e.